The monoisotopic (exact) mass is 404 g/mol. The third kappa shape index (κ3) is 3.49. The smallest absolute Gasteiger partial charge is 0.212 e. The predicted molar refractivity (Wildman–Crippen MR) is 115 cm³/mol. The summed E-state index contributed by atoms with van der Waals surface area (Å²) >= 11 is 0. The summed E-state index contributed by atoms with van der Waals surface area (Å²) in [5.74, 6) is 2.43. The van der Waals surface area contributed by atoms with Gasteiger partial charge in [-0.1, -0.05) is 0 Å². The van der Waals surface area contributed by atoms with Crippen molar-refractivity contribution >= 4 is 11.6 Å². The minimum atomic E-state index is -0.473. The summed E-state index contributed by atoms with van der Waals surface area (Å²) in [7, 11) is 0. The van der Waals surface area contributed by atoms with E-state index in [4.69, 9.17) is 9.97 Å². The quantitative estimate of drug-likeness (QED) is 0.618. The molecule has 0 aromatic carbocycles. The number of hydrogen-bond acceptors (Lipinski definition) is 6. The highest BCUT2D eigenvalue weighted by Crippen LogP contribution is 2.32. The van der Waals surface area contributed by atoms with Crippen LogP contribution < -0.4 is 9.80 Å². The van der Waals surface area contributed by atoms with Crippen molar-refractivity contribution in [3.05, 3.63) is 59.2 Å². The molecule has 0 bridgehead atoms. The molecule has 6 nitrogen and oxygen atoms in total. The molecule has 0 spiro atoms. The van der Waals surface area contributed by atoms with E-state index in [1.165, 1.54) is 24.5 Å². The number of halogens is 1. The van der Waals surface area contributed by atoms with E-state index >= 15 is 0 Å². The van der Waals surface area contributed by atoms with Crippen LogP contribution in [0.15, 0.2) is 30.6 Å². The van der Waals surface area contributed by atoms with Crippen LogP contribution in [0, 0.1) is 19.8 Å². The Labute approximate surface area is 175 Å². The second-order valence-electron chi connectivity index (χ2n) is 8.11. The number of pyridine rings is 2. The van der Waals surface area contributed by atoms with Gasteiger partial charge in [-0.3, -0.25) is 4.98 Å². The highest BCUT2D eigenvalue weighted by atomic mass is 19.1. The van der Waals surface area contributed by atoms with E-state index in [-0.39, 0.29) is 0 Å². The van der Waals surface area contributed by atoms with Gasteiger partial charge in [0, 0.05) is 67.4 Å². The van der Waals surface area contributed by atoms with Crippen LogP contribution in [0.3, 0.4) is 0 Å². The van der Waals surface area contributed by atoms with Crippen molar-refractivity contribution in [3.63, 3.8) is 0 Å². The maximum Gasteiger partial charge on any atom is 0.212 e. The fourth-order valence-corrected chi connectivity index (χ4v) is 4.46. The Hall–Kier alpha value is -3.09. The molecule has 0 saturated carbocycles. The summed E-state index contributed by atoms with van der Waals surface area (Å²) in [6.45, 7) is 7.88. The molecule has 1 saturated heterocycles. The predicted octanol–water partition coefficient (Wildman–Crippen LogP) is 3.85. The van der Waals surface area contributed by atoms with Crippen LogP contribution >= 0.6 is 0 Å². The fourth-order valence-electron chi connectivity index (χ4n) is 4.46. The van der Waals surface area contributed by atoms with Gasteiger partial charge in [-0.15, -0.1) is 0 Å². The summed E-state index contributed by atoms with van der Waals surface area (Å²) in [6, 6.07) is 5.27. The van der Waals surface area contributed by atoms with Gasteiger partial charge >= 0.3 is 0 Å². The minimum Gasteiger partial charge on any atom is -0.356 e. The van der Waals surface area contributed by atoms with Crippen LogP contribution in [0.25, 0.3) is 11.1 Å². The van der Waals surface area contributed by atoms with Gasteiger partial charge in [-0.25, -0.2) is 15.0 Å². The minimum absolute atomic E-state index is 0.473. The zero-order valence-corrected chi connectivity index (χ0v) is 17.4. The first-order valence-corrected chi connectivity index (χ1v) is 10.5. The Balaban J connectivity index is 1.47. The number of hydrogen-bond donors (Lipinski definition) is 0. The number of fused-ring (bicyclic) bond motifs is 1. The Morgan fingerprint density at radius 1 is 0.867 bits per heavy atom. The molecule has 3 aromatic rings. The first-order valence-electron chi connectivity index (χ1n) is 10.5. The zero-order chi connectivity index (χ0) is 20.7. The van der Waals surface area contributed by atoms with E-state index in [0.29, 0.717) is 0 Å². The zero-order valence-electron chi connectivity index (χ0n) is 17.4. The van der Waals surface area contributed by atoms with Crippen LogP contribution in [-0.4, -0.2) is 39.6 Å². The van der Waals surface area contributed by atoms with Crippen molar-refractivity contribution in [1.29, 1.82) is 0 Å². The molecule has 2 aliphatic heterocycles. The van der Waals surface area contributed by atoms with Gasteiger partial charge in [0.05, 0.1) is 0 Å². The number of anilines is 2. The fraction of sp³-hybridized carbons (Fsp3) is 0.391. The normalized spacial score (nSPS) is 16.1. The SMILES string of the molecule is Cc1nc(N2CCCC2)c(C)c(N2CCc3ncc(-c4ccc(F)nc4)cc3C2)n1. The average Bonchev–Trinajstić information content (AvgIpc) is 3.29. The highest BCUT2D eigenvalue weighted by Gasteiger charge is 2.25. The molecule has 0 radical (unpaired) electrons. The summed E-state index contributed by atoms with van der Waals surface area (Å²) < 4.78 is 13.2. The molecule has 154 valence electrons. The van der Waals surface area contributed by atoms with E-state index in [0.717, 1.165) is 72.4 Å². The largest absolute Gasteiger partial charge is 0.356 e. The van der Waals surface area contributed by atoms with Gasteiger partial charge in [-0.2, -0.15) is 4.39 Å². The summed E-state index contributed by atoms with van der Waals surface area (Å²) in [5.41, 5.74) is 5.28. The molecule has 2 aliphatic rings. The molecule has 5 heterocycles. The number of nitrogens with zero attached hydrogens (tertiary/aromatic N) is 6. The third-order valence-electron chi connectivity index (χ3n) is 6.01. The number of aryl methyl sites for hydroxylation is 1. The molecule has 0 N–H and O–H groups in total. The molecule has 3 aromatic heterocycles. The maximum absolute atomic E-state index is 13.2. The van der Waals surface area contributed by atoms with Crippen LogP contribution in [0.2, 0.25) is 0 Å². The Bertz CT molecular complexity index is 1080. The Morgan fingerprint density at radius 3 is 2.33 bits per heavy atom. The molecular formula is C23H25FN6. The van der Waals surface area contributed by atoms with E-state index in [9.17, 15) is 4.39 Å². The van der Waals surface area contributed by atoms with Crippen molar-refractivity contribution in [2.24, 2.45) is 0 Å². The van der Waals surface area contributed by atoms with E-state index in [1.54, 1.807) is 12.3 Å². The maximum atomic E-state index is 13.2. The first kappa shape index (κ1) is 18.9. The Morgan fingerprint density at radius 2 is 1.60 bits per heavy atom. The lowest BCUT2D eigenvalue weighted by Crippen LogP contribution is -2.33. The number of rotatable bonds is 3. The molecular weight excluding hydrogens is 379 g/mol. The lowest BCUT2D eigenvalue weighted by Gasteiger charge is -2.32. The van der Waals surface area contributed by atoms with Crippen molar-refractivity contribution < 1.29 is 4.39 Å². The van der Waals surface area contributed by atoms with Crippen molar-refractivity contribution in [3.8, 4) is 11.1 Å². The average molecular weight is 404 g/mol. The summed E-state index contributed by atoms with van der Waals surface area (Å²) in [4.78, 5) is 22.7. The van der Waals surface area contributed by atoms with E-state index in [2.05, 4.69) is 32.8 Å². The lowest BCUT2D eigenvalue weighted by molar-refractivity contribution is 0.584. The molecule has 0 amide bonds. The second-order valence-corrected chi connectivity index (χ2v) is 8.11. The van der Waals surface area contributed by atoms with Crippen LogP contribution in [0.4, 0.5) is 16.0 Å². The standard InChI is InChI=1S/C23H25FN6/c1-15-22(29-8-3-4-9-29)27-16(2)28-23(15)30-10-7-20-19(14-30)11-18(13-25-20)17-5-6-21(24)26-12-17/h5-6,11-13H,3-4,7-10,14H2,1-2H3. The summed E-state index contributed by atoms with van der Waals surface area (Å²) in [6.07, 6.45) is 6.73. The van der Waals surface area contributed by atoms with Crippen molar-refractivity contribution in [2.45, 2.75) is 39.7 Å². The van der Waals surface area contributed by atoms with Crippen LogP contribution in [0.1, 0.15) is 35.5 Å². The molecule has 7 heteroatoms. The van der Waals surface area contributed by atoms with Gasteiger partial charge in [0.25, 0.3) is 0 Å². The Kier molecular flexibility index (Phi) is 4.81. The molecule has 1 fully saturated rings. The first-order chi connectivity index (χ1) is 14.6. The second kappa shape index (κ2) is 7.63. The van der Waals surface area contributed by atoms with Crippen molar-refractivity contribution in [2.75, 3.05) is 29.4 Å². The van der Waals surface area contributed by atoms with Gasteiger partial charge in [0.15, 0.2) is 0 Å². The van der Waals surface area contributed by atoms with Gasteiger partial charge < -0.3 is 9.80 Å². The molecule has 0 unspecified atom stereocenters. The van der Waals surface area contributed by atoms with Crippen LogP contribution in [-0.2, 0) is 13.0 Å². The van der Waals surface area contributed by atoms with Gasteiger partial charge in [-0.05, 0) is 50.5 Å². The lowest BCUT2D eigenvalue weighted by atomic mass is 10.0. The molecule has 30 heavy (non-hydrogen) atoms. The molecule has 5 rings (SSSR count). The van der Waals surface area contributed by atoms with Crippen LogP contribution in [0.5, 0.6) is 0 Å². The molecule has 0 atom stereocenters. The highest BCUT2D eigenvalue weighted by molar-refractivity contribution is 5.64. The van der Waals surface area contributed by atoms with Crippen molar-refractivity contribution in [1.82, 2.24) is 19.9 Å². The topological polar surface area (TPSA) is 58.0 Å². The molecule has 0 aliphatic carbocycles. The summed E-state index contributed by atoms with van der Waals surface area (Å²) in [5, 5.41) is 0. The van der Waals surface area contributed by atoms with Gasteiger partial charge in [0.2, 0.25) is 5.95 Å². The van der Waals surface area contributed by atoms with E-state index < -0.39 is 5.95 Å². The van der Waals surface area contributed by atoms with Gasteiger partial charge in [0.1, 0.15) is 17.5 Å². The number of aromatic nitrogens is 4. The van der Waals surface area contributed by atoms with E-state index in [1.807, 2.05) is 13.1 Å². The third-order valence-corrected chi connectivity index (χ3v) is 6.01.